The van der Waals surface area contributed by atoms with E-state index in [9.17, 15) is 4.79 Å². The van der Waals surface area contributed by atoms with Gasteiger partial charge in [0.1, 0.15) is 0 Å². The lowest BCUT2D eigenvalue weighted by molar-refractivity contribution is -0.135. The zero-order chi connectivity index (χ0) is 27.5. The van der Waals surface area contributed by atoms with Gasteiger partial charge >= 0.3 is 0 Å². The van der Waals surface area contributed by atoms with E-state index in [0.29, 0.717) is 19.6 Å². The van der Waals surface area contributed by atoms with Gasteiger partial charge in [0.15, 0.2) is 0 Å². The zero-order valence-electron chi connectivity index (χ0n) is 22.8. The molecule has 8 heteroatoms. The first-order valence-corrected chi connectivity index (χ1v) is 14.4. The van der Waals surface area contributed by atoms with E-state index in [1.165, 1.54) is 16.7 Å². The van der Waals surface area contributed by atoms with E-state index in [2.05, 4.69) is 45.5 Å². The first-order chi connectivity index (χ1) is 19.6. The quantitative estimate of drug-likeness (QED) is 0.371. The first kappa shape index (κ1) is 26.7. The minimum absolute atomic E-state index is 0.0135. The van der Waals surface area contributed by atoms with Crippen LogP contribution in [0.4, 0.5) is 0 Å². The fourth-order valence-corrected chi connectivity index (χ4v) is 6.29. The Morgan fingerprint density at radius 1 is 1.10 bits per heavy atom. The maximum absolute atomic E-state index is 14.2. The summed E-state index contributed by atoms with van der Waals surface area (Å²) in [4.78, 5) is 27.7. The van der Waals surface area contributed by atoms with E-state index in [0.717, 1.165) is 54.3 Å². The van der Waals surface area contributed by atoms with Crippen molar-refractivity contribution >= 4 is 17.5 Å². The average Bonchev–Trinajstić information content (AvgIpc) is 3.32. The van der Waals surface area contributed by atoms with Gasteiger partial charge in [-0.3, -0.25) is 14.7 Å². The van der Waals surface area contributed by atoms with Crippen LogP contribution in [0, 0.1) is 0 Å². The standard InChI is InChI=1S/C32H35ClN6O/c1-37-22-34-19-27(37)13-16-39(20-23-6-3-2-4-7-23)32(40)29-21-38(17-15-35-29)31-28-12-11-26(33)18-25(28)10-9-24-8-5-14-36-30(24)31/h2-8,11-12,14,18-19,22,29,31,35H,9-10,13,15-17,20-21H2,1H3/t29-,31?/m1/s1. The van der Waals surface area contributed by atoms with Crippen LogP contribution in [0.5, 0.6) is 0 Å². The molecule has 7 nitrogen and oxygen atoms in total. The van der Waals surface area contributed by atoms with Gasteiger partial charge in [-0.2, -0.15) is 0 Å². The maximum atomic E-state index is 14.2. The number of rotatable bonds is 7. The molecule has 1 amide bonds. The van der Waals surface area contributed by atoms with Crippen LogP contribution in [0.2, 0.25) is 5.02 Å². The highest BCUT2D eigenvalue weighted by Gasteiger charge is 2.36. The molecule has 1 N–H and O–H groups in total. The Bertz CT molecular complexity index is 1470. The second-order valence-electron chi connectivity index (χ2n) is 10.8. The van der Waals surface area contributed by atoms with Crippen LogP contribution < -0.4 is 5.32 Å². The summed E-state index contributed by atoms with van der Waals surface area (Å²) in [6.07, 6.45) is 8.19. The fourth-order valence-electron chi connectivity index (χ4n) is 6.09. The summed E-state index contributed by atoms with van der Waals surface area (Å²) >= 11 is 6.42. The number of amides is 1. The van der Waals surface area contributed by atoms with Gasteiger partial charge in [0.05, 0.1) is 24.1 Å². The van der Waals surface area contributed by atoms with Crippen LogP contribution in [0.15, 0.2) is 79.4 Å². The van der Waals surface area contributed by atoms with Crippen LogP contribution in [0.3, 0.4) is 0 Å². The van der Waals surface area contributed by atoms with Crippen molar-refractivity contribution in [2.45, 2.75) is 37.9 Å². The molecule has 0 spiro atoms. The molecule has 0 bridgehead atoms. The number of aryl methyl sites for hydroxylation is 3. The van der Waals surface area contributed by atoms with Gasteiger partial charge in [0.25, 0.3) is 0 Å². The lowest BCUT2D eigenvalue weighted by atomic mass is 9.95. The highest BCUT2D eigenvalue weighted by atomic mass is 35.5. The Kier molecular flexibility index (Phi) is 7.96. The number of fused-ring (bicyclic) bond motifs is 2. The Morgan fingerprint density at radius 2 is 1.95 bits per heavy atom. The molecule has 0 saturated carbocycles. The van der Waals surface area contributed by atoms with Crippen molar-refractivity contribution in [1.82, 2.24) is 29.7 Å². The lowest BCUT2D eigenvalue weighted by Gasteiger charge is -2.40. The van der Waals surface area contributed by atoms with Gasteiger partial charge in [-0.1, -0.05) is 54.1 Å². The summed E-state index contributed by atoms with van der Waals surface area (Å²) in [5.41, 5.74) is 7.10. The summed E-state index contributed by atoms with van der Waals surface area (Å²) in [7, 11) is 2.00. The molecular weight excluding hydrogens is 520 g/mol. The summed E-state index contributed by atoms with van der Waals surface area (Å²) in [6.45, 7) is 3.38. The van der Waals surface area contributed by atoms with Crippen LogP contribution in [0.1, 0.15) is 39.7 Å². The third kappa shape index (κ3) is 5.68. The molecule has 1 aliphatic carbocycles. The molecule has 2 aliphatic rings. The smallest absolute Gasteiger partial charge is 0.241 e. The molecule has 1 fully saturated rings. The van der Waals surface area contributed by atoms with Gasteiger partial charge in [-0.15, -0.1) is 0 Å². The molecule has 0 radical (unpaired) electrons. The molecule has 40 heavy (non-hydrogen) atoms. The van der Waals surface area contributed by atoms with Crippen molar-refractivity contribution in [3.63, 3.8) is 0 Å². The number of carbonyl (C=O) groups excluding carboxylic acids is 1. The Labute approximate surface area is 240 Å². The number of imidazole rings is 1. The highest BCUT2D eigenvalue weighted by molar-refractivity contribution is 6.30. The Balaban J connectivity index is 1.27. The van der Waals surface area contributed by atoms with E-state index in [1.807, 2.05) is 65.6 Å². The van der Waals surface area contributed by atoms with E-state index >= 15 is 0 Å². The molecule has 6 rings (SSSR count). The topological polar surface area (TPSA) is 66.3 Å². The maximum Gasteiger partial charge on any atom is 0.241 e. The number of pyridine rings is 1. The lowest BCUT2D eigenvalue weighted by Crippen LogP contribution is -2.58. The normalized spacial score (nSPS) is 18.9. The molecule has 1 unspecified atom stereocenters. The minimum Gasteiger partial charge on any atom is -0.338 e. The number of carbonyl (C=O) groups is 1. The predicted octanol–water partition coefficient (Wildman–Crippen LogP) is 4.20. The van der Waals surface area contributed by atoms with Crippen LogP contribution in [-0.4, -0.2) is 62.5 Å². The van der Waals surface area contributed by atoms with Crippen molar-refractivity contribution in [3.8, 4) is 0 Å². The monoisotopic (exact) mass is 554 g/mol. The molecule has 1 saturated heterocycles. The summed E-state index contributed by atoms with van der Waals surface area (Å²) in [5, 5.41) is 4.30. The molecule has 1 aliphatic heterocycles. The molecular formula is C32H35ClN6O. The van der Waals surface area contributed by atoms with Crippen molar-refractivity contribution in [3.05, 3.63) is 118 Å². The number of piperazine rings is 1. The number of halogens is 1. The zero-order valence-corrected chi connectivity index (χ0v) is 23.6. The van der Waals surface area contributed by atoms with Gasteiger partial charge in [-0.25, -0.2) is 4.98 Å². The van der Waals surface area contributed by atoms with Crippen LogP contribution in [0.25, 0.3) is 0 Å². The average molecular weight is 555 g/mol. The SMILES string of the molecule is Cn1cncc1CCN(Cc1ccccc1)C(=O)[C@H]1CN(C2c3ccc(Cl)cc3CCc3cccnc32)CCN1. The van der Waals surface area contributed by atoms with Gasteiger partial charge < -0.3 is 14.8 Å². The minimum atomic E-state index is -0.310. The van der Waals surface area contributed by atoms with Crippen molar-refractivity contribution in [2.24, 2.45) is 7.05 Å². The van der Waals surface area contributed by atoms with Gasteiger partial charge in [-0.05, 0) is 53.3 Å². The number of aromatic nitrogens is 3. The third-order valence-corrected chi connectivity index (χ3v) is 8.44. The second kappa shape index (κ2) is 11.9. The molecule has 2 atom stereocenters. The van der Waals surface area contributed by atoms with Crippen molar-refractivity contribution in [2.75, 3.05) is 26.2 Å². The van der Waals surface area contributed by atoms with Gasteiger partial charge in [0.2, 0.25) is 5.91 Å². The van der Waals surface area contributed by atoms with E-state index in [-0.39, 0.29) is 18.0 Å². The summed E-state index contributed by atoms with van der Waals surface area (Å²) < 4.78 is 2.02. The molecule has 4 aromatic rings. The van der Waals surface area contributed by atoms with E-state index in [1.54, 1.807) is 0 Å². The van der Waals surface area contributed by atoms with E-state index in [4.69, 9.17) is 16.6 Å². The predicted molar refractivity (Wildman–Crippen MR) is 157 cm³/mol. The van der Waals surface area contributed by atoms with Crippen LogP contribution in [-0.2, 0) is 37.6 Å². The van der Waals surface area contributed by atoms with E-state index < -0.39 is 0 Å². The molecule has 3 heterocycles. The van der Waals surface area contributed by atoms with Crippen molar-refractivity contribution < 1.29 is 4.79 Å². The molecule has 2 aromatic carbocycles. The van der Waals surface area contributed by atoms with Gasteiger partial charge in [0, 0.05) is 69.3 Å². The number of hydrogen-bond donors (Lipinski definition) is 1. The number of nitrogens with one attached hydrogen (secondary N) is 1. The number of hydrogen-bond acceptors (Lipinski definition) is 5. The summed E-state index contributed by atoms with van der Waals surface area (Å²) in [5.74, 6) is 0.127. The number of nitrogens with zero attached hydrogens (tertiary/aromatic N) is 5. The first-order valence-electron chi connectivity index (χ1n) is 14.0. The fraction of sp³-hybridized carbons (Fsp3) is 0.344. The summed E-state index contributed by atoms with van der Waals surface area (Å²) in [6, 6.07) is 20.3. The Morgan fingerprint density at radius 3 is 2.77 bits per heavy atom. The molecule has 206 valence electrons. The second-order valence-corrected chi connectivity index (χ2v) is 11.2. The largest absolute Gasteiger partial charge is 0.338 e. The third-order valence-electron chi connectivity index (χ3n) is 8.20. The Hall–Kier alpha value is -3.52. The highest BCUT2D eigenvalue weighted by Crippen LogP contribution is 2.37. The van der Waals surface area contributed by atoms with Crippen LogP contribution >= 0.6 is 11.6 Å². The molecule has 2 aromatic heterocycles. The van der Waals surface area contributed by atoms with Crippen molar-refractivity contribution in [1.29, 1.82) is 0 Å². The number of benzene rings is 2.